The maximum atomic E-state index is 13.3. The fourth-order valence-electron chi connectivity index (χ4n) is 4.97. The van der Waals surface area contributed by atoms with Gasteiger partial charge in [-0.1, -0.05) is 11.3 Å². The summed E-state index contributed by atoms with van der Waals surface area (Å²) < 4.78 is 40.7. The van der Waals surface area contributed by atoms with Crippen molar-refractivity contribution < 1.29 is 18.3 Å². The average molecular weight is 499 g/mol. The van der Waals surface area contributed by atoms with Gasteiger partial charge in [0.1, 0.15) is 17.1 Å². The number of fused-ring (bicyclic) bond motifs is 2. The van der Waals surface area contributed by atoms with Crippen LogP contribution in [0.25, 0.3) is 27.7 Å². The molecule has 2 aliphatic rings. The monoisotopic (exact) mass is 498 g/mol. The largest absolute Gasteiger partial charge is 0.479 e. The molecule has 2 saturated heterocycles. The van der Waals surface area contributed by atoms with Crippen LogP contribution in [0.3, 0.4) is 0 Å². The lowest BCUT2D eigenvalue weighted by Gasteiger charge is -2.41. The van der Waals surface area contributed by atoms with E-state index >= 15 is 0 Å². The normalized spacial score (nSPS) is 18.7. The van der Waals surface area contributed by atoms with E-state index in [9.17, 15) is 8.78 Å². The minimum absolute atomic E-state index is 0.284. The van der Waals surface area contributed by atoms with Crippen molar-refractivity contribution in [2.75, 3.05) is 38.7 Å². The molecule has 2 aliphatic heterocycles. The van der Waals surface area contributed by atoms with Crippen LogP contribution in [0.4, 0.5) is 14.7 Å². The highest BCUT2D eigenvalue weighted by Gasteiger charge is 2.30. The van der Waals surface area contributed by atoms with Crippen LogP contribution < -0.4 is 10.1 Å². The summed E-state index contributed by atoms with van der Waals surface area (Å²) in [7, 11) is 1.58. The molecule has 36 heavy (non-hydrogen) atoms. The van der Waals surface area contributed by atoms with Crippen LogP contribution in [0.5, 0.6) is 5.88 Å². The van der Waals surface area contributed by atoms with Gasteiger partial charge in [0, 0.05) is 30.9 Å². The number of nitrogens with zero attached hydrogens (tertiary/aromatic N) is 7. The van der Waals surface area contributed by atoms with E-state index in [-0.39, 0.29) is 6.04 Å². The molecule has 6 rings (SSSR count). The first-order chi connectivity index (χ1) is 17.5. The second-order valence-electron chi connectivity index (χ2n) is 9.43. The van der Waals surface area contributed by atoms with Crippen molar-refractivity contribution in [3.63, 3.8) is 0 Å². The molecule has 0 unspecified atom stereocenters. The number of aromatic nitrogens is 6. The second-order valence-corrected chi connectivity index (χ2v) is 9.43. The summed E-state index contributed by atoms with van der Waals surface area (Å²) in [6.45, 7) is 5.15. The Morgan fingerprint density at radius 2 is 1.97 bits per heavy atom. The molecular weight excluding hydrogens is 470 g/mol. The zero-order valence-corrected chi connectivity index (χ0v) is 20.1. The molecule has 0 aliphatic carbocycles. The number of ether oxygens (including phenoxy) is 2. The maximum absolute atomic E-state index is 13.3. The van der Waals surface area contributed by atoms with Crippen molar-refractivity contribution in [1.29, 1.82) is 0 Å². The maximum Gasteiger partial charge on any atom is 0.260 e. The summed E-state index contributed by atoms with van der Waals surface area (Å²) >= 11 is 0. The molecule has 4 aromatic rings. The Morgan fingerprint density at radius 3 is 2.67 bits per heavy atom. The third-order valence-electron chi connectivity index (χ3n) is 7.20. The van der Waals surface area contributed by atoms with Gasteiger partial charge in [0.15, 0.2) is 0 Å². The van der Waals surface area contributed by atoms with Gasteiger partial charge in [-0.3, -0.25) is 4.90 Å². The van der Waals surface area contributed by atoms with E-state index in [1.54, 1.807) is 17.7 Å². The van der Waals surface area contributed by atoms with Gasteiger partial charge in [-0.15, -0.1) is 10.2 Å². The van der Waals surface area contributed by atoms with Crippen molar-refractivity contribution in [1.82, 2.24) is 34.5 Å². The SMILES string of the molecule is COc1nc(NC2CCN(C3COC3)CC2)nn2ccc(-c3ccc4nnn([C@H](C)C(F)F)c4c3)c12. The average Bonchev–Trinajstić information content (AvgIpc) is 3.47. The highest BCUT2D eigenvalue weighted by atomic mass is 19.3. The fraction of sp³-hybridized carbons (Fsp3) is 0.500. The number of rotatable bonds is 7. The molecule has 0 radical (unpaired) electrons. The number of anilines is 1. The summed E-state index contributed by atoms with van der Waals surface area (Å²) in [6, 6.07) is 7.15. The predicted octanol–water partition coefficient (Wildman–Crippen LogP) is 3.25. The van der Waals surface area contributed by atoms with Crippen molar-refractivity contribution >= 4 is 22.5 Å². The quantitative estimate of drug-likeness (QED) is 0.415. The Labute approximate surface area is 206 Å². The van der Waals surface area contributed by atoms with Crippen molar-refractivity contribution in [2.24, 2.45) is 0 Å². The molecule has 1 aromatic carbocycles. The van der Waals surface area contributed by atoms with E-state index in [1.807, 2.05) is 24.4 Å². The van der Waals surface area contributed by atoms with Gasteiger partial charge in [-0.05, 0) is 43.5 Å². The fourth-order valence-corrected chi connectivity index (χ4v) is 4.97. The number of likely N-dealkylation sites (tertiary alicyclic amines) is 1. The number of halogens is 2. The van der Waals surface area contributed by atoms with Crippen LogP contribution in [0.2, 0.25) is 0 Å². The molecule has 10 nitrogen and oxygen atoms in total. The first kappa shape index (κ1) is 23.0. The standard InChI is InChI=1S/C24H28F2N8O2/c1-14(22(25)26)34-20-11-15(3-4-19(20)29-31-34)18-7-10-33-21(18)23(35-2)28-24(30-33)27-16-5-8-32(9-6-16)17-12-36-13-17/h3-4,7,10-11,14,16-17,22H,5-6,8-9,12-13H2,1-2H3,(H,27,30)/t14-/m1/s1. The van der Waals surface area contributed by atoms with E-state index < -0.39 is 12.5 Å². The molecule has 0 bridgehead atoms. The summed E-state index contributed by atoms with van der Waals surface area (Å²) in [5.74, 6) is 0.944. The lowest BCUT2D eigenvalue weighted by atomic mass is 10.0. The zero-order chi connectivity index (χ0) is 24.8. The Morgan fingerprint density at radius 1 is 1.17 bits per heavy atom. The van der Waals surface area contributed by atoms with E-state index in [0.717, 1.165) is 50.3 Å². The number of alkyl halides is 2. The number of methoxy groups -OCH3 is 1. The molecule has 2 fully saturated rings. The van der Waals surface area contributed by atoms with Gasteiger partial charge in [-0.25, -0.2) is 18.0 Å². The van der Waals surface area contributed by atoms with Crippen LogP contribution in [-0.4, -0.2) is 86.4 Å². The molecule has 0 amide bonds. The van der Waals surface area contributed by atoms with Crippen LogP contribution in [0.1, 0.15) is 25.8 Å². The third-order valence-corrected chi connectivity index (χ3v) is 7.20. The van der Waals surface area contributed by atoms with E-state index in [2.05, 4.69) is 30.6 Å². The minimum atomic E-state index is -2.55. The topological polar surface area (TPSA) is 94.6 Å². The van der Waals surface area contributed by atoms with E-state index in [0.29, 0.717) is 34.4 Å². The molecule has 12 heteroatoms. The molecule has 1 N–H and O–H groups in total. The van der Waals surface area contributed by atoms with Gasteiger partial charge >= 0.3 is 0 Å². The number of hydrogen-bond acceptors (Lipinski definition) is 8. The molecule has 190 valence electrons. The molecule has 3 aromatic heterocycles. The number of hydrogen-bond donors (Lipinski definition) is 1. The summed E-state index contributed by atoms with van der Waals surface area (Å²) in [4.78, 5) is 7.14. The smallest absolute Gasteiger partial charge is 0.260 e. The van der Waals surface area contributed by atoms with E-state index in [4.69, 9.17) is 9.47 Å². The van der Waals surface area contributed by atoms with Gasteiger partial charge in [0.2, 0.25) is 11.8 Å². The summed E-state index contributed by atoms with van der Waals surface area (Å²) in [6.07, 6.45) is 1.32. The minimum Gasteiger partial charge on any atom is -0.479 e. The molecule has 0 spiro atoms. The Hall–Kier alpha value is -3.38. The number of piperidine rings is 1. The Bertz CT molecular complexity index is 1380. The van der Waals surface area contributed by atoms with Crippen LogP contribution >= 0.6 is 0 Å². The molecule has 5 heterocycles. The summed E-state index contributed by atoms with van der Waals surface area (Å²) in [5, 5.41) is 16.1. The first-order valence-electron chi connectivity index (χ1n) is 12.2. The molecular formula is C24H28F2N8O2. The highest BCUT2D eigenvalue weighted by molar-refractivity contribution is 5.89. The third kappa shape index (κ3) is 4.03. The number of nitrogens with one attached hydrogen (secondary N) is 1. The van der Waals surface area contributed by atoms with Gasteiger partial charge < -0.3 is 14.8 Å². The van der Waals surface area contributed by atoms with Crippen molar-refractivity contribution in [3.05, 3.63) is 30.5 Å². The van der Waals surface area contributed by atoms with Crippen molar-refractivity contribution in [3.8, 4) is 17.0 Å². The molecule has 1 atom stereocenters. The van der Waals surface area contributed by atoms with Gasteiger partial charge in [-0.2, -0.15) is 4.98 Å². The highest BCUT2D eigenvalue weighted by Crippen LogP contribution is 2.34. The van der Waals surface area contributed by atoms with Crippen LogP contribution in [0.15, 0.2) is 30.5 Å². The lowest BCUT2D eigenvalue weighted by Crippen LogP contribution is -2.53. The van der Waals surface area contributed by atoms with E-state index in [1.165, 1.54) is 11.6 Å². The first-order valence-corrected chi connectivity index (χ1v) is 12.2. The van der Waals surface area contributed by atoms with Crippen molar-refractivity contribution in [2.45, 2.75) is 44.3 Å². The van der Waals surface area contributed by atoms with Crippen LogP contribution in [0, 0.1) is 0 Å². The Kier molecular flexibility index (Phi) is 5.92. The number of benzene rings is 1. The van der Waals surface area contributed by atoms with Gasteiger partial charge in [0.05, 0.1) is 31.9 Å². The Balaban J connectivity index is 1.28. The molecule has 0 saturated carbocycles. The van der Waals surface area contributed by atoms with Gasteiger partial charge in [0.25, 0.3) is 6.43 Å². The lowest BCUT2D eigenvalue weighted by molar-refractivity contribution is -0.0705. The predicted molar refractivity (Wildman–Crippen MR) is 130 cm³/mol. The summed E-state index contributed by atoms with van der Waals surface area (Å²) in [5.41, 5.74) is 3.43. The van der Waals surface area contributed by atoms with Crippen LogP contribution in [-0.2, 0) is 4.74 Å². The zero-order valence-electron chi connectivity index (χ0n) is 20.1. The second kappa shape index (κ2) is 9.25.